The molecule has 2 saturated heterocycles. The molecule has 2 fully saturated rings. The molecule has 0 radical (unpaired) electrons. The minimum atomic E-state index is -0.850. The number of piperazine rings is 1. The largest absolute Gasteiger partial charge is 0.480 e. The van der Waals surface area contributed by atoms with Crippen LogP contribution in [0.25, 0.3) is 10.9 Å². The lowest BCUT2D eigenvalue weighted by atomic mass is 10.0. The molecule has 3 N–H and O–H groups in total. The Kier molecular flexibility index (Phi) is 6.13. The third kappa shape index (κ3) is 4.60. The number of carbonyl (C=O) groups excluding carboxylic acids is 1. The average molecular weight is 400 g/mol. The summed E-state index contributed by atoms with van der Waals surface area (Å²) in [4.78, 5) is 31.5. The van der Waals surface area contributed by atoms with Gasteiger partial charge in [-0.2, -0.15) is 0 Å². The monoisotopic (exact) mass is 400 g/mol. The summed E-state index contributed by atoms with van der Waals surface area (Å²) in [5, 5.41) is 13.8. The molecule has 2 aromatic rings. The maximum absolute atomic E-state index is 12.2. The van der Waals surface area contributed by atoms with E-state index in [1.165, 1.54) is 0 Å². The van der Waals surface area contributed by atoms with Gasteiger partial charge in [-0.25, -0.2) is 0 Å². The molecule has 8 nitrogen and oxygen atoms in total. The van der Waals surface area contributed by atoms with E-state index < -0.39 is 12.0 Å². The first kappa shape index (κ1) is 19.9. The molecular weight excluding hydrogens is 372 g/mol. The van der Waals surface area contributed by atoms with Gasteiger partial charge in [-0.15, -0.1) is 0 Å². The van der Waals surface area contributed by atoms with Crippen molar-refractivity contribution >= 4 is 22.8 Å². The van der Waals surface area contributed by atoms with Gasteiger partial charge in [0.15, 0.2) is 0 Å². The van der Waals surface area contributed by atoms with E-state index in [4.69, 9.17) is 4.74 Å². The molecule has 1 amide bonds. The number of amides is 1. The number of H-pyrrole nitrogens is 1. The van der Waals surface area contributed by atoms with E-state index in [2.05, 4.69) is 15.2 Å². The summed E-state index contributed by atoms with van der Waals surface area (Å²) < 4.78 is 5.53. The van der Waals surface area contributed by atoms with Crippen LogP contribution in [0.1, 0.15) is 24.4 Å². The molecule has 1 aromatic carbocycles. The number of benzene rings is 1. The molecule has 2 aliphatic rings. The summed E-state index contributed by atoms with van der Waals surface area (Å²) in [5.74, 6) is -0.849. The Balaban J connectivity index is 1.32. The van der Waals surface area contributed by atoms with Crippen molar-refractivity contribution in [3.05, 3.63) is 36.0 Å². The SMILES string of the molecule is O=C(CN1CCN([C@H](C(=O)O)c2c[nH]c3ccccc23)CC1)NC[C@@H]1CCCO1. The quantitative estimate of drug-likeness (QED) is 0.646. The fourth-order valence-corrected chi connectivity index (χ4v) is 4.28. The summed E-state index contributed by atoms with van der Waals surface area (Å²) in [6.45, 7) is 4.24. The molecule has 156 valence electrons. The number of nitrogens with one attached hydrogen (secondary N) is 2. The molecule has 0 saturated carbocycles. The van der Waals surface area contributed by atoms with Crippen LogP contribution in [0.15, 0.2) is 30.5 Å². The Morgan fingerprint density at radius 1 is 1.24 bits per heavy atom. The molecule has 29 heavy (non-hydrogen) atoms. The van der Waals surface area contributed by atoms with Gasteiger partial charge >= 0.3 is 5.97 Å². The van der Waals surface area contributed by atoms with Crippen molar-refractivity contribution in [3.63, 3.8) is 0 Å². The van der Waals surface area contributed by atoms with Crippen LogP contribution in [-0.2, 0) is 14.3 Å². The Labute approximate surface area is 169 Å². The fraction of sp³-hybridized carbons (Fsp3) is 0.524. The molecule has 0 unspecified atom stereocenters. The number of aromatic amines is 1. The minimum Gasteiger partial charge on any atom is -0.480 e. The summed E-state index contributed by atoms with van der Waals surface area (Å²) in [6.07, 6.45) is 4.00. The smallest absolute Gasteiger partial charge is 0.325 e. The summed E-state index contributed by atoms with van der Waals surface area (Å²) in [5.41, 5.74) is 1.73. The van der Waals surface area contributed by atoms with E-state index in [-0.39, 0.29) is 12.0 Å². The first-order valence-corrected chi connectivity index (χ1v) is 10.3. The van der Waals surface area contributed by atoms with Crippen molar-refractivity contribution in [1.82, 2.24) is 20.1 Å². The number of fused-ring (bicyclic) bond motifs is 1. The molecule has 2 aliphatic heterocycles. The van der Waals surface area contributed by atoms with E-state index in [1.807, 2.05) is 29.2 Å². The van der Waals surface area contributed by atoms with E-state index >= 15 is 0 Å². The lowest BCUT2D eigenvalue weighted by Crippen LogP contribution is -2.51. The van der Waals surface area contributed by atoms with Crippen LogP contribution in [-0.4, -0.2) is 83.7 Å². The lowest BCUT2D eigenvalue weighted by molar-refractivity contribution is -0.144. The maximum atomic E-state index is 12.2. The summed E-state index contributed by atoms with van der Waals surface area (Å²) >= 11 is 0. The normalized spacial score (nSPS) is 22.0. The number of carboxylic acids is 1. The van der Waals surface area contributed by atoms with E-state index in [9.17, 15) is 14.7 Å². The van der Waals surface area contributed by atoms with Crippen LogP contribution in [0, 0.1) is 0 Å². The van der Waals surface area contributed by atoms with Crippen molar-refractivity contribution in [2.75, 3.05) is 45.9 Å². The van der Waals surface area contributed by atoms with Crippen LogP contribution >= 0.6 is 0 Å². The first-order valence-electron chi connectivity index (χ1n) is 10.3. The fourth-order valence-electron chi connectivity index (χ4n) is 4.28. The van der Waals surface area contributed by atoms with Crippen molar-refractivity contribution in [1.29, 1.82) is 0 Å². The number of ether oxygens (including phenoxy) is 1. The van der Waals surface area contributed by atoms with Crippen LogP contribution in [0.4, 0.5) is 0 Å². The zero-order valence-electron chi connectivity index (χ0n) is 16.5. The second-order valence-corrected chi connectivity index (χ2v) is 7.78. The van der Waals surface area contributed by atoms with Gasteiger partial charge in [-0.05, 0) is 18.9 Å². The number of hydrogen-bond acceptors (Lipinski definition) is 5. The summed E-state index contributed by atoms with van der Waals surface area (Å²) in [6, 6.07) is 7.06. The molecule has 0 bridgehead atoms. The Morgan fingerprint density at radius 2 is 2.03 bits per heavy atom. The van der Waals surface area contributed by atoms with Gasteiger partial charge < -0.3 is 20.1 Å². The predicted octanol–water partition coefficient (Wildman–Crippen LogP) is 1.21. The van der Waals surface area contributed by atoms with E-state index in [1.54, 1.807) is 6.20 Å². The second-order valence-electron chi connectivity index (χ2n) is 7.78. The number of nitrogens with zero attached hydrogens (tertiary/aromatic N) is 2. The molecular formula is C21H28N4O4. The number of para-hydroxylation sites is 1. The highest BCUT2D eigenvalue weighted by Crippen LogP contribution is 2.29. The number of aromatic nitrogens is 1. The average Bonchev–Trinajstić information content (AvgIpc) is 3.38. The van der Waals surface area contributed by atoms with Crippen molar-refractivity contribution in [2.24, 2.45) is 0 Å². The number of aliphatic carboxylic acids is 1. The third-order valence-corrected chi connectivity index (χ3v) is 5.84. The highest BCUT2D eigenvalue weighted by Gasteiger charge is 2.32. The van der Waals surface area contributed by atoms with Gasteiger partial charge in [-0.1, -0.05) is 18.2 Å². The van der Waals surface area contributed by atoms with Gasteiger partial charge in [0.2, 0.25) is 5.91 Å². The van der Waals surface area contributed by atoms with Gasteiger partial charge in [0, 0.05) is 62.0 Å². The Bertz CT molecular complexity index is 853. The predicted molar refractivity (Wildman–Crippen MR) is 109 cm³/mol. The van der Waals surface area contributed by atoms with Crippen molar-refractivity contribution in [3.8, 4) is 0 Å². The van der Waals surface area contributed by atoms with Crippen LogP contribution < -0.4 is 5.32 Å². The Morgan fingerprint density at radius 3 is 2.76 bits per heavy atom. The van der Waals surface area contributed by atoms with Gasteiger partial charge in [0.05, 0.1) is 12.6 Å². The van der Waals surface area contributed by atoms with Gasteiger partial charge in [0.1, 0.15) is 6.04 Å². The molecule has 1 aromatic heterocycles. The zero-order valence-corrected chi connectivity index (χ0v) is 16.5. The summed E-state index contributed by atoms with van der Waals surface area (Å²) in [7, 11) is 0. The maximum Gasteiger partial charge on any atom is 0.325 e. The third-order valence-electron chi connectivity index (χ3n) is 5.84. The van der Waals surface area contributed by atoms with Crippen molar-refractivity contribution in [2.45, 2.75) is 25.0 Å². The molecule has 2 atom stereocenters. The second kappa shape index (κ2) is 8.94. The number of carboxylic acid groups (broad SMARTS) is 1. The standard InChI is InChI=1S/C21H28N4O4/c26-19(23-12-15-4-3-11-29-15)14-24-7-9-25(10-8-24)20(21(27)28)17-13-22-18-6-2-1-5-16(17)18/h1-2,5-6,13,15,20,22H,3-4,7-12,14H2,(H,23,26)(H,27,28)/t15-,20-/m0/s1. The molecule has 4 rings (SSSR count). The minimum absolute atomic E-state index is 0.000336. The number of rotatable bonds is 7. The molecule has 0 spiro atoms. The van der Waals surface area contributed by atoms with Gasteiger partial charge in [-0.3, -0.25) is 19.4 Å². The zero-order chi connectivity index (χ0) is 20.2. The Hall–Kier alpha value is -2.42. The number of hydrogen-bond donors (Lipinski definition) is 3. The first-order chi connectivity index (χ1) is 14.1. The van der Waals surface area contributed by atoms with Gasteiger partial charge in [0.25, 0.3) is 0 Å². The van der Waals surface area contributed by atoms with Crippen molar-refractivity contribution < 1.29 is 19.4 Å². The topological polar surface area (TPSA) is 97.9 Å². The molecule has 8 heteroatoms. The van der Waals surface area contributed by atoms with Crippen LogP contribution in [0.3, 0.4) is 0 Å². The highest BCUT2D eigenvalue weighted by molar-refractivity contribution is 5.89. The lowest BCUT2D eigenvalue weighted by Gasteiger charge is -2.37. The van der Waals surface area contributed by atoms with E-state index in [0.717, 1.165) is 35.9 Å². The number of carbonyl (C=O) groups is 2. The van der Waals surface area contributed by atoms with E-state index in [0.29, 0.717) is 39.3 Å². The molecule has 0 aliphatic carbocycles. The van der Waals surface area contributed by atoms with Crippen LogP contribution in [0.2, 0.25) is 0 Å². The highest BCUT2D eigenvalue weighted by atomic mass is 16.5. The van der Waals surface area contributed by atoms with Crippen LogP contribution in [0.5, 0.6) is 0 Å². The molecule has 3 heterocycles.